The van der Waals surface area contributed by atoms with Gasteiger partial charge in [0.05, 0.1) is 11.4 Å². The number of hydrogen-bond acceptors (Lipinski definition) is 3. The van der Waals surface area contributed by atoms with E-state index in [1.54, 1.807) is 11.7 Å². The van der Waals surface area contributed by atoms with Crippen LogP contribution in [0.15, 0.2) is 0 Å². The van der Waals surface area contributed by atoms with E-state index in [9.17, 15) is 4.79 Å². The molecule has 0 spiro atoms. The van der Waals surface area contributed by atoms with Crippen molar-refractivity contribution in [2.24, 2.45) is 7.05 Å². The monoisotopic (exact) mass is 197 g/mol. The first-order chi connectivity index (χ1) is 6.43. The number of carboxylic acids is 1. The zero-order chi connectivity index (χ0) is 10.9. The standard InChI is InChI=1S/C9H15N3O2/c1-5(2)10-7-6(3)12(4)11-8(7)9(13)14/h5,10H,1-4H3,(H,13,14). The molecule has 1 rings (SSSR count). The van der Waals surface area contributed by atoms with Crippen LogP contribution in [0.25, 0.3) is 0 Å². The Kier molecular flexibility index (Phi) is 2.78. The predicted octanol–water partition coefficient (Wildman–Crippen LogP) is 1.25. The summed E-state index contributed by atoms with van der Waals surface area (Å²) in [5, 5.41) is 15.9. The molecule has 0 saturated carbocycles. The minimum atomic E-state index is -1.00. The van der Waals surface area contributed by atoms with Crippen LogP contribution in [0.4, 0.5) is 5.69 Å². The van der Waals surface area contributed by atoms with Crippen LogP contribution in [0.2, 0.25) is 0 Å². The number of anilines is 1. The first kappa shape index (κ1) is 10.6. The molecule has 0 unspecified atom stereocenters. The van der Waals surface area contributed by atoms with Gasteiger partial charge >= 0.3 is 5.97 Å². The molecule has 5 heteroatoms. The quantitative estimate of drug-likeness (QED) is 0.765. The van der Waals surface area contributed by atoms with E-state index in [2.05, 4.69) is 10.4 Å². The van der Waals surface area contributed by atoms with Gasteiger partial charge in [-0.15, -0.1) is 0 Å². The van der Waals surface area contributed by atoms with E-state index in [1.165, 1.54) is 0 Å². The third-order valence-corrected chi connectivity index (χ3v) is 1.97. The van der Waals surface area contributed by atoms with Gasteiger partial charge in [0.2, 0.25) is 0 Å². The van der Waals surface area contributed by atoms with Gasteiger partial charge in [-0.1, -0.05) is 0 Å². The first-order valence-electron chi connectivity index (χ1n) is 4.47. The molecule has 1 heterocycles. The van der Waals surface area contributed by atoms with Gasteiger partial charge in [-0.05, 0) is 20.8 Å². The smallest absolute Gasteiger partial charge is 0.358 e. The van der Waals surface area contributed by atoms with Crippen molar-refractivity contribution in [2.45, 2.75) is 26.8 Å². The average molecular weight is 197 g/mol. The Balaban J connectivity index is 3.16. The second-order valence-electron chi connectivity index (χ2n) is 3.54. The van der Waals surface area contributed by atoms with Crippen molar-refractivity contribution in [2.75, 3.05) is 5.32 Å². The normalized spacial score (nSPS) is 10.6. The molecular formula is C9H15N3O2. The molecule has 0 saturated heterocycles. The van der Waals surface area contributed by atoms with E-state index < -0.39 is 5.97 Å². The predicted molar refractivity (Wildman–Crippen MR) is 53.7 cm³/mol. The van der Waals surface area contributed by atoms with E-state index >= 15 is 0 Å². The lowest BCUT2D eigenvalue weighted by molar-refractivity contribution is 0.0690. The number of hydrogen-bond donors (Lipinski definition) is 2. The molecule has 0 aromatic carbocycles. The number of nitrogens with zero attached hydrogens (tertiary/aromatic N) is 2. The summed E-state index contributed by atoms with van der Waals surface area (Å²) in [4.78, 5) is 10.9. The Morgan fingerprint density at radius 2 is 2.14 bits per heavy atom. The second-order valence-corrected chi connectivity index (χ2v) is 3.54. The van der Waals surface area contributed by atoms with E-state index in [1.807, 2.05) is 20.8 Å². The van der Waals surface area contributed by atoms with Gasteiger partial charge in [-0.3, -0.25) is 4.68 Å². The topological polar surface area (TPSA) is 67.2 Å². The number of aromatic nitrogens is 2. The molecular weight excluding hydrogens is 182 g/mol. The number of nitrogens with one attached hydrogen (secondary N) is 1. The van der Waals surface area contributed by atoms with Gasteiger partial charge in [-0.25, -0.2) is 4.79 Å². The molecule has 5 nitrogen and oxygen atoms in total. The van der Waals surface area contributed by atoms with Crippen molar-refractivity contribution in [1.82, 2.24) is 9.78 Å². The summed E-state index contributed by atoms with van der Waals surface area (Å²) in [5.74, 6) is -1.00. The zero-order valence-electron chi connectivity index (χ0n) is 8.83. The summed E-state index contributed by atoms with van der Waals surface area (Å²) in [5.41, 5.74) is 1.52. The highest BCUT2D eigenvalue weighted by Gasteiger charge is 2.18. The molecule has 0 radical (unpaired) electrons. The largest absolute Gasteiger partial charge is 0.476 e. The molecule has 1 aromatic rings. The average Bonchev–Trinajstić information content (AvgIpc) is 2.32. The van der Waals surface area contributed by atoms with Crippen molar-refractivity contribution < 1.29 is 9.90 Å². The Labute approximate surface area is 82.7 Å². The Morgan fingerprint density at radius 3 is 2.57 bits per heavy atom. The lowest BCUT2D eigenvalue weighted by Crippen LogP contribution is -2.13. The maximum atomic E-state index is 10.9. The summed E-state index contributed by atoms with van der Waals surface area (Å²) >= 11 is 0. The molecule has 78 valence electrons. The minimum absolute atomic E-state index is 0.0821. The molecule has 2 N–H and O–H groups in total. The van der Waals surface area contributed by atoms with Gasteiger partial charge in [0, 0.05) is 13.1 Å². The molecule has 0 fully saturated rings. The minimum Gasteiger partial charge on any atom is -0.476 e. The van der Waals surface area contributed by atoms with Crippen molar-refractivity contribution >= 4 is 11.7 Å². The molecule has 0 bridgehead atoms. The van der Waals surface area contributed by atoms with E-state index in [0.29, 0.717) is 5.69 Å². The lowest BCUT2D eigenvalue weighted by atomic mass is 10.2. The molecule has 0 aliphatic heterocycles. The van der Waals surface area contributed by atoms with Crippen molar-refractivity contribution in [3.8, 4) is 0 Å². The highest BCUT2D eigenvalue weighted by molar-refractivity contribution is 5.92. The molecule has 0 atom stereocenters. The van der Waals surface area contributed by atoms with Gasteiger partial charge in [-0.2, -0.15) is 5.10 Å². The van der Waals surface area contributed by atoms with Crippen LogP contribution in [-0.4, -0.2) is 26.9 Å². The third kappa shape index (κ3) is 1.86. The number of rotatable bonds is 3. The van der Waals surface area contributed by atoms with Gasteiger partial charge in [0.1, 0.15) is 0 Å². The summed E-state index contributed by atoms with van der Waals surface area (Å²) in [6, 6.07) is 0.191. The molecule has 14 heavy (non-hydrogen) atoms. The summed E-state index contributed by atoms with van der Waals surface area (Å²) < 4.78 is 1.56. The summed E-state index contributed by atoms with van der Waals surface area (Å²) in [7, 11) is 1.73. The van der Waals surface area contributed by atoms with Crippen LogP contribution in [-0.2, 0) is 7.05 Å². The number of carboxylic acid groups (broad SMARTS) is 1. The summed E-state index contributed by atoms with van der Waals surface area (Å²) in [6.45, 7) is 5.75. The van der Waals surface area contributed by atoms with Crippen LogP contribution >= 0.6 is 0 Å². The molecule has 0 amide bonds. The molecule has 0 aliphatic carbocycles. The number of aryl methyl sites for hydroxylation is 1. The maximum absolute atomic E-state index is 10.9. The van der Waals surface area contributed by atoms with Crippen LogP contribution in [0.5, 0.6) is 0 Å². The van der Waals surface area contributed by atoms with Crippen molar-refractivity contribution in [3.63, 3.8) is 0 Å². The Morgan fingerprint density at radius 1 is 1.57 bits per heavy atom. The fourth-order valence-corrected chi connectivity index (χ4v) is 1.22. The lowest BCUT2D eigenvalue weighted by Gasteiger charge is -2.09. The van der Waals surface area contributed by atoms with Crippen LogP contribution < -0.4 is 5.32 Å². The summed E-state index contributed by atoms with van der Waals surface area (Å²) in [6.07, 6.45) is 0. The van der Waals surface area contributed by atoms with Crippen molar-refractivity contribution in [3.05, 3.63) is 11.4 Å². The highest BCUT2D eigenvalue weighted by atomic mass is 16.4. The maximum Gasteiger partial charge on any atom is 0.358 e. The number of aromatic carboxylic acids is 1. The third-order valence-electron chi connectivity index (χ3n) is 1.97. The first-order valence-corrected chi connectivity index (χ1v) is 4.47. The van der Waals surface area contributed by atoms with Crippen LogP contribution in [0, 0.1) is 6.92 Å². The van der Waals surface area contributed by atoms with E-state index in [-0.39, 0.29) is 11.7 Å². The highest BCUT2D eigenvalue weighted by Crippen LogP contribution is 2.20. The van der Waals surface area contributed by atoms with E-state index in [0.717, 1.165) is 5.69 Å². The van der Waals surface area contributed by atoms with Gasteiger partial charge in [0.25, 0.3) is 0 Å². The SMILES string of the molecule is Cc1c(NC(C)C)c(C(=O)O)nn1C. The fraction of sp³-hybridized carbons (Fsp3) is 0.556. The van der Waals surface area contributed by atoms with Gasteiger partial charge < -0.3 is 10.4 Å². The van der Waals surface area contributed by atoms with Crippen LogP contribution in [0.1, 0.15) is 30.0 Å². The second kappa shape index (κ2) is 3.69. The number of carbonyl (C=O) groups is 1. The van der Waals surface area contributed by atoms with Gasteiger partial charge in [0.15, 0.2) is 5.69 Å². The fourth-order valence-electron chi connectivity index (χ4n) is 1.22. The molecule has 0 aliphatic rings. The van der Waals surface area contributed by atoms with E-state index in [4.69, 9.17) is 5.11 Å². The van der Waals surface area contributed by atoms with Crippen LogP contribution in [0.3, 0.4) is 0 Å². The van der Waals surface area contributed by atoms with Crippen molar-refractivity contribution in [1.29, 1.82) is 0 Å². The molecule has 1 aromatic heterocycles. The zero-order valence-corrected chi connectivity index (χ0v) is 8.83. The Bertz CT molecular complexity index is 355. The Hall–Kier alpha value is -1.52.